The number of aryl methyl sites for hydroxylation is 1. The molecule has 0 atom stereocenters. The van der Waals surface area contributed by atoms with Crippen LogP contribution in [0.5, 0.6) is 0 Å². The van der Waals surface area contributed by atoms with Crippen molar-refractivity contribution in [2.45, 2.75) is 13.3 Å². The van der Waals surface area contributed by atoms with Crippen molar-refractivity contribution in [3.8, 4) is 0 Å². The molecule has 94 valence electrons. The van der Waals surface area contributed by atoms with Gasteiger partial charge in [-0.1, -0.05) is 0 Å². The number of carbonyl (C=O) groups is 2. The zero-order valence-electron chi connectivity index (χ0n) is 10.5. The van der Waals surface area contributed by atoms with Crippen LogP contribution in [0.3, 0.4) is 0 Å². The maximum atomic E-state index is 11.9. The Morgan fingerprint density at radius 1 is 1.47 bits per heavy atom. The van der Waals surface area contributed by atoms with E-state index in [4.69, 9.17) is 4.74 Å². The second-order valence-corrected chi connectivity index (χ2v) is 3.79. The summed E-state index contributed by atoms with van der Waals surface area (Å²) in [4.78, 5) is 24.6. The van der Waals surface area contributed by atoms with Crippen molar-refractivity contribution in [3.05, 3.63) is 24.0 Å². The highest BCUT2D eigenvalue weighted by molar-refractivity contribution is 5.92. The largest absolute Gasteiger partial charge is 0.466 e. The summed E-state index contributed by atoms with van der Waals surface area (Å²) in [6.45, 7) is 2.49. The maximum absolute atomic E-state index is 11.9. The van der Waals surface area contributed by atoms with Crippen LogP contribution in [-0.4, -0.2) is 41.5 Å². The summed E-state index contributed by atoms with van der Waals surface area (Å²) in [7, 11) is 3.49. The van der Waals surface area contributed by atoms with E-state index in [0.29, 0.717) is 18.8 Å². The first-order chi connectivity index (χ1) is 8.06. The third-order valence-electron chi connectivity index (χ3n) is 2.47. The molecule has 1 rings (SSSR count). The van der Waals surface area contributed by atoms with Crippen LogP contribution in [0, 0.1) is 0 Å². The molecule has 1 heterocycles. The zero-order chi connectivity index (χ0) is 12.8. The fourth-order valence-corrected chi connectivity index (χ4v) is 1.47. The molecule has 0 aromatic carbocycles. The second-order valence-electron chi connectivity index (χ2n) is 3.79. The van der Waals surface area contributed by atoms with E-state index in [1.165, 1.54) is 4.90 Å². The fourth-order valence-electron chi connectivity index (χ4n) is 1.47. The molecule has 0 spiro atoms. The normalized spacial score (nSPS) is 10.1. The molecule has 5 heteroatoms. The molecular weight excluding hydrogens is 220 g/mol. The molecule has 17 heavy (non-hydrogen) atoms. The van der Waals surface area contributed by atoms with Crippen LogP contribution >= 0.6 is 0 Å². The number of hydrogen-bond donors (Lipinski definition) is 0. The predicted molar refractivity (Wildman–Crippen MR) is 63.6 cm³/mol. The molecule has 0 N–H and O–H groups in total. The maximum Gasteiger partial charge on any atom is 0.307 e. The summed E-state index contributed by atoms with van der Waals surface area (Å²) in [5.41, 5.74) is 0.608. The van der Waals surface area contributed by atoms with E-state index in [9.17, 15) is 9.59 Å². The van der Waals surface area contributed by atoms with Crippen LogP contribution in [0.1, 0.15) is 23.8 Å². The monoisotopic (exact) mass is 238 g/mol. The van der Waals surface area contributed by atoms with Crippen LogP contribution in [0.2, 0.25) is 0 Å². The van der Waals surface area contributed by atoms with Gasteiger partial charge in [-0.15, -0.1) is 0 Å². The Labute approximate surface area is 101 Å². The molecule has 5 nitrogen and oxygen atoms in total. The lowest BCUT2D eigenvalue weighted by atomic mass is 10.3. The van der Waals surface area contributed by atoms with Gasteiger partial charge < -0.3 is 14.2 Å². The molecule has 0 saturated heterocycles. The van der Waals surface area contributed by atoms with Crippen molar-refractivity contribution in [2.75, 3.05) is 20.2 Å². The van der Waals surface area contributed by atoms with Gasteiger partial charge in [0.05, 0.1) is 13.0 Å². The molecule has 0 bridgehead atoms. The van der Waals surface area contributed by atoms with Gasteiger partial charge in [0.25, 0.3) is 5.91 Å². The van der Waals surface area contributed by atoms with Crippen LogP contribution in [0.4, 0.5) is 0 Å². The Morgan fingerprint density at radius 3 is 2.71 bits per heavy atom. The number of ether oxygens (including phenoxy) is 1. The molecule has 0 aliphatic carbocycles. The van der Waals surface area contributed by atoms with E-state index < -0.39 is 0 Å². The first-order valence-electron chi connectivity index (χ1n) is 5.58. The lowest BCUT2D eigenvalue weighted by Gasteiger charge is -2.16. The smallest absolute Gasteiger partial charge is 0.307 e. The summed E-state index contributed by atoms with van der Waals surface area (Å²) in [6, 6.07) is 3.57. The molecule has 1 aromatic rings. The summed E-state index contributed by atoms with van der Waals surface area (Å²) >= 11 is 0. The van der Waals surface area contributed by atoms with Crippen LogP contribution in [-0.2, 0) is 16.6 Å². The van der Waals surface area contributed by atoms with Gasteiger partial charge >= 0.3 is 5.97 Å². The van der Waals surface area contributed by atoms with Gasteiger partial charge in [0.15, 0.2) is 0 Å². The lowest BCUT2D eigenvalue weighted by molar-refractivity contribution is -0.143. The molecule has 0 fully saturated rings. The molecule has 0 saturated carbocycles. The van der Waals surface area contributed by atoms with Gasteiger partial charge in [-0.3, -0.25) is 9.59 Å². The Bertz CT molecular complexity index is 398. The van der Waals surface area contributed by atoms with Gasteiger partial charge in [-0.2, -0.15) is 0 Å². The van der Waals surface area contributed by atoms with Gasteiger partial charge in [-0.25, -0.2) is 0 Å². The zero-order valence-corrected chi connectivity index (χ0v) is 10.5. The predicted octanol–water partition coefficient (Wildman–Crippen LogP) is 1.05. The Balaban J connectivity index is 2.48. The minimum absolute atomic E-state index is 0.0956. The first kappa shape index (κ1) is 13.3. The van der Waals surface area contributed by atoms with Crippen molar-refractivity contribution >= 4 is 11.9 Å². The van der Waals surface area contributed by atoms with Crippen molar-refractivity contribution in [1.82, 2.24) is 9.47 Å². The summed E-state index contributed by atoms with van der Waals surface area (Å²) in [5.74, 6) is -0.374. The molecule has 0 unspecified atom stereocenters. The SMILES string of the molecule is CCOC(=O)CCN(C)C(=O)c1cccn1C. The van der Waals surface area contributed by atoms with Gasteiger partial charge in [-0.05, 0) is 19.1 Å². The third-order valence-corrected chi connectivity index (χ3v) is 2.47. The van der Waals surface area contributed by atoms with Crippen LogP contribution in [0.25, 0.3) is 0 Å². The summed E-state index contributed by atoms with van der Waals surface area (Å²) < 4.78 is 6.56. The highest BCUT2D eigenvalue weighted by Gasteiger charge is 2.15. The number of aromatic nitrogens is 1. The standard InChI is InChI=1S/C12H18N2O3/c1-4-17-11(15)7-9-14(3)12(16)10-6-5-8-13(10)2/h5-6,8H,4,7,9H2,1-3H3. The van der Waals surface area contributed by atoms with Crippen LogP contribution < -0.4 is 0 Å². The summed E-state index contributed by atoms with van der Waals surface area (Å²) in [5, 5.41) is 0. The molecular formula is C12H18N2O3. The van der Waals surface area contributed by atoms with Crippen molar-refractivity contribution in [3.63, 3.8) is 0 Å². The van der Waals surface area contributed by atoms with Gasteiger partial charge in [0.2, 0.25) is 0 Å². The molecule has 1 amide bonds. The van der Waals surface area contributed by atoms with Crippen molar-refractivity contribution in [2.24, 2.45) is 7.05 Å². The molecule has 0 aliphatic rings. The van der Waals surface area contributed by atoms with E-state index in [-0.39, 0.29) is 18.3 Å². The van der Waals surface area contributed by atoms with Crippen molar-refractivity contribution in [1.29, 1.82) is 0 Å². The first-order valence-corrected chi connectivity index (χ1v) is 5.58. The molecule has 1 aromatic heterocycles. The minimum atomic E-state index is -0.279. The third kappa shape index (κ3) is 3.62. The number of rotatable bonds is 5. The van der Waals surface area contributed by atoms with Crippen molar-refractivity contribution < 1.29 is 14.3 Å². The number of nitrogens with zero attached hydrogens (tertiary/aromatic N) is 2. The Hall–Kier alpha value is -1.78. The average Bonchev–Trinajstić information content (AvgIpc) is 2.71. The van der Waals surface area contributed by atoms with E-state index in [0.717, 1.165) is 0 Å². The highest BCUT2D eigenvalue weighted by atomic mass is 16.5. The van der Waals surface area contributed by atoms with E-state index >= 15 is 0 Å². The summed E-state index contributed by atoms with van der Waals surface area (Å²) in [6.07, 6.45) is 2.03. The number of carbonyl (C=O) groups excluding carboxylic acids is 2. The number of hydrogen-bond acceptors (Lipinski definition) is 3. The second kappa shape index (κ2) is 6.08. The van der Waals surface area contributed by atoms with E-state index in [1.54, 1.807) is 24.6 Å². The number of esters is 1. The van der Waals surface area contributed by atoms with E-state index in [2.05, 4.69) is 0 Å². The quantitative estimate of drug-likeness (QED) is 0.720. The lowest BCUT2D eigenvalue weighted by Crippen LogP contribution is -2.30. The number of amides is 1. The topological polar surface area (TPSA) is 51.5 Å². The average molecular weight is 238 g/mol. The molecule has 0 aliphatic heterocycles. The van der Waals surface area contributed by atoms with Gasteiger partial charge in [0.1, 0.15) is 5.69 Å². The van der Waals surface area contributed by atoms with Crippen LogP contribution in [0.15, 0.2) is 18.3 Å². The Kier molecular flexibility index (Phi) is 4.75. The minimum Gasteiger partial charge on any atom is -0.466 e. The van der Waals surface area contributed by atoms with E-state index in [1.807, 2.05) is 19.3 Å². The Morgan fingerprint density at radius 2 is 2.18 bits per heavy atom. The fraction of sp³-hybridized carbons (Fsp3) is 0.500. The highest BCUT2D eigenvalue weighted by Crippen LogP contribution is 2.04. The molecule has 0 radical (unpaired) electrons. The van der Waals surface area contributed by atoms with Gasteiger partial charge in [0, 0.05) is 26.8 Å².